The van der Waals surface area contributed by atoms with E-state index in [4.69, 9.17) is 15.2 Å². The summed E-state index contributed by atoms with van der Waals surface area (Å²) in [5, 5.41) is 0. The number of hydrogen-bond acceptors (Lipinski definition) is 4. The zero-order valence-electron chi connectivity index (χ0n) is 10.9. The van der Waals surface area contributed by atoms with Gasteiger partial charge >= 0.3 is 6.09 Å². The third kappa shape index (κ3) is 2.40. The molecule has 5 nitrogen and oxygen atoms in total. The van der Waals surface area contributed by atoms with E-state index < -0.39 is 5.60 Å². The van der Waals surface area contributed by atoms with Gasteiger partial charge in [-0.15, -0.1) is 0 Å². The van der Waals surface area contributed by atoms with Crippen LogP contribution in [-0.2, 0) is 9.47 Å². The Labute approximate surface area is 102 Å². The van der Waals surface area contributed by atoms with E-state index in [2.05, 4.69) is 0 Å². The molecular weight excluding hydrogens is 220 g/mol. The van der Waals surface area contributed by atoms with Crippen LogP contribution >= 0.6 is 0 Å². The number of carbonyl (C=O) groups is 1. The second kappa shape index (κ2) is 4.14. The van der Waals surface area contributed by atoms with Crippen molar-refractivity contribution >= 4 is 6.09 Å². The number of hydrogen-bond donors (Lipinski definition) is 1. The van der Waals surface area contributed by atoms with Gasteiger partial charge in [0.05, 0.1) is 13.2 Å². The van der Waals surface area contributed by atoms with E-state index in [0.29, 0.717) is 38.8 Å². The Balaban J connectivity index is 2.00. The Morgan fingerprint density at radius 1 is 1.59 bits per heavy atom. The standard InChI is InChI=1S/C12H22N2O3/c1-11(2,3)17-10(15)14-4-9-5-16-8-12(9,6-13)7-14/h9H,4-8,13H2,1-3H3. The number of rotatable bonds is 1. The summed E-state index contributed by atoms with van der Waals surface area (Å²) < 4.78 is 10.9. The molecule has 0 aromatic carbocycles. The third-order valence-electron chi connectivity index (χ3n) is 3.58. The Morgan fingerprint density at radius 2 is 2.29 bits per heavy atom. The summed E-state index contributed by atoms with van der Waals surface area (Å²) in [6, 6.07) is 0. The zero-order chi connectivity index (χ0) is 12.7. The maximum absolute atomic E-state index is 12.0. The molecule has 0 radical (unpaired) electrons. The lowest BCUT2D eigenvalue weighted by Gasteiger charge is -2.27. The highest BCUT2D eigenvalue weighted by atomic mass is 16.6. The fraction of sp³-hybridized carbons (Fsp3) is 0.917. The second-order valence-corrected chi connectivity index (χ2v) is 6.14. The van der Waals surface area contributed by atoms with Gasteiger partial charge in [0.25, 0.3) is 0 Å². The number of ether oxygens (including phenoxy) is 2. The molecular formula is C12H22N2O3. The smallest absolute Gasteiger partial charge is 0.410 e. The summed E-state index contributed by atoms with van der Waals surface area (Å²) in [7, 11) is 0. The number of nitrogens with zero attached hydrogens (tertiary/aromatic N) is 1. The Bertz CT molecular complexity index is 313. The lowest BCUT2D eigenvalue weighted by atomic mass is 9.81. The molecule has 2 fully saturated rings. The van der Waals surface area contributed by atoms with Gasteiger partial charge in [-0.05, 0) is 20.8 Å². The predicted molar refractivity (Wildman–Crippen MR) is 63.6 cm³/mol. The maximum atomic E-state index is 12.0. The van der Waals surface area contributed by atoms with Gasteiger partial charge in [0, 0.05) is 31.0 Å². The van der Waals surface area contributed by atoms with Crippen LogP contribution in [-0.4, -0.2) is 49.4 Å². The van der Waals surface area contributed by atoms with Crippen LogP contribution in [0.3, 0.4) is 0 Å². The highest BCUT2D eigenvalue weighted by Crippen LogP contribution is 2.40. The van der Waals surface area contributed by atoms with Crippen molar-refractivity contribution in [3.05, 3.63) is 0 Å². The third-order valence-corrected chi connectivity index (χ3v) is 3.58. The quantitative estimate of drug-likeness (QED) is 0.739. The van der Waals surface area contributed by atoms with E-state index in [-0.39, 0.29) is 11.5 Å². The van der Waals surface area contributed by atoms with E-state index >= 15 is 0 Å². The van der Waals surface area contributed by atoms with Crippen LogP contribution in [0.1, 0.15) is 20.8 Å². The van der Waals surface area contributed by atoms with Crippen molar-refractivity contribution in [3.8, 4) is 0 Å². The molecule has 2 N–H and O–H groups in total. The SMILES string of the molecule is CC(C)(C)OC(=O)N1CC2COCC2(CN)C1. The zero-order valence-corrected chi connectivity index (χ0v) is 10.9. The highest BCUT2D eigenvalue weighted by molar-refractivity contribution is 5.68. The molecule has 2 atom stereocenters. The molecule has 0 aromatic heterocycles. The van der Waals surface area contributed by atoms with E-state index in [1.165, 1.54) is 0 Å². The monoisotopic (exact) mass is 242 g/mol. The molecule has 2 rings (SSSR count). The average Bonchev–Trinajstić information content (AvgIpc) is 2.70. The molecule has 0 spiro atoms. The van der Waals surface area contributed by atoms with E-state index in [1.807, 2.05) is 20.8 Å². The highest BCUT2D eigenvalue weighted by Gasteiger charge is 2.51. The summed E-state index contributed by atoms with van der Waals surface area (Å²) in [6.45, 7) is 8.92. The van der Waals surface area contributed by atoms with Crippen molar-refractivity contribution in [1.29, 1.82) is 0 Å². The van der Waals surface area contributed by atoms with Crippen LogP contribution in [0.25, 0.3) is 0 Å². The Kier molecular flexibility index (Phi) is 3.08. The summed E-state index contributed by atoms with van der Waals surface area (Å²) in [5.74, 6) is 0.361. The number of nitrogens with two attached hydrogens (primary N) is 1. The topological polar surface area (TPSA) is 64.8 Å². The summed E-state index contributed by atoms with van der Waals surface area (Å²) in [4.78, 5) is 13.7. The van der Waals surface area contributed by atoms with Crippen LogP contribution in [0.4, 0.5) is 4.79 Å². The van der Waals surface area contributed by atoms with Gasteiger partial charge in [-0.25, -0.2) is 4.79 Å². The van der Waals surface area contributed by atoms with Gasteiger partial charge in [-0.1, -0.05) is 0 Å². The molecule has 0 saturated carbocycles. The van der Waals surface area contributed by atoms with Crippen LogP contribution in [0.5, 0.6) is 0 Å². The molecule has 1 amide bonds. The van der Waals surface area contributed by atoms with Gasteiger partial charge in [0.1, 0.15) is 5.60 Å². The predicted octanol–water partition coefficient (Wildman–Crippen LogP) is 0.829. The molecule has 0 bridgehead atoms. The first-order chi connectivity index (χ1) is 7.86. The lowest BCUT2D eigenvalue weighted by molar-refractivity contribution is 0.0238. The molecule has 0 aromatic rings. The molecule has 5 heteroatoms. The number of fused-ring (bicyclic) bond motifs is 1. The Morgan fingerprint density at radius 3 is 2.82 bits per heavy atom. The van der Waals surface area contributed by atoms with Crippen LogP contribution in [0.15, 0.2) is 0 Å². The van der Waals surface area contributed by atoms with E-state index in [9.17, 15) is 4.79 Å². The molecule has 2 heterocycles. The largest absolute Gasteiger partial charge is 0.444 e. The minimum atomic E-state index is -0.443. The summed E-state index contributed by atoms with van der Waals surface area (Å²) in [5.41, 5.74) is 5.35. The van der Waals surface area contributed by atoms with Gasteiger partial charge in [-0.2, -0.15) is 0 Å². The maximum Gasteiger partial charge on any atom is 0.410 e. The number of likely N-dealkylation sites (tertiary alicyclic amines) is 1. The van der Waals surface area contributed by atoms with E-state index in [1.54, 1.807) is 4.90 Å². The summed E-state index contributed by atoms with van der Waals surface area (Å²) in [6.07, 6.45) is -0.236. The second-order valence-electron chi connectivity index (χ2n) is 6.14. The molecule has 2 unspecified atom stereocenters. The summed E-state index contributed by atoms with van der Waals surface area (Å²) >= 11 is 0. The van der Waals surface area contributed by atoms with Crippen LogP contribution < -0.4 is 5.73 Å². The van der Waals surface area contributed by atoms with Crippen molar-refractivity contribution < 1.29 is 14.3 Å². The first kappa shape index (κ1) is 12.6. The average molecular weight is 242 g/mol. The van der Waals surface area contributed by atoms with Crippen molar-refractivity contribution in [2.24, 2.45) is 17.1 Å². The first-order valence-corrected chi connectivity index (χ1v) is 6.12. The normalized spacial score (nSPS) is 32.7. The van der Waals surface area contributed by atoms with Crippen molar-refractivity contribution in [3.63, 3.8) is 0 Å². The molecule has 2 aliphatic rings. The van der Waals surface area contributed by atoms with Crippen molar-refractivity contribution in [2.75, 3.05) is 32.8 Å². The van der Waals surface area contributed by atoms with Gasteiger partial charge < -0.3 is 20.1 Å². The number of carbonyl (C=O) groups excluding carboxylic acids is 1. The Hall–Kier alpha value is -0.810. The van der Waals surface area contributed by atoms with Crippen LogP contribution in [0, 0.1) is 11.3 Å². The first-order valence-electron chi connectivity index (χ1n) is 6.12. The molecule has 2 aliphatic heterocycles. The van der Waals surface area contributed by atoms with Gasteiger partial charge in [-0.3, -0.25) is 0 Å². The number of amides is 1. The van der Waals surface area contributed by atoms with Gasteiger partial charge in [0.2, 0.25) is 0 Å². The van der Waals surface area contributed by atoms with Crippen molar-refractivity contribution in [2.45, 2.75) is 26.4 Å². The minimum Gasteiger partial charge on any atom is -0.444 e. The van der Waals surface area contributed by atoms with E-state index in [0.717, 1.165) is 0 Å². The fourth-order valence-corrected chi connectivity index (χ4v) is 2.59. The lowest BCUT2D eigenvalue weighted by Crippen LogP contribution is -2.40. The van der Waals surface area contributed by atoms with Crippen LogP contribution in [0.2, 0.25) is 0 Å². The molecule has 2 saturated heterocycles. The van der Waals surface area contributed by atoms with Crippen molar-refractivity contribution in [1.82, 2.24) is 4.90 Å². The fourth-order valence-electron chi connectivity index (χ4n) is 2.59. The van der Waals surface area contributed by atoms with Gasteiger partial charge in [0.15, 0.2) is 0 Å². The molecule has 98 valence electrons. The molecule has 17 heavy (non-hydrogen) atoms. The molecule has 0 aliphatic carbocycles. The minimum absolute atomic E-state index is 0.0447.